The first-order valence-electron chi connectivity index (χ1n) is 6.28. The molecular weight excluding hydrogens is 184 g/mol. The van der Waals surface area contributed by atoms with Crippen molar-refractivity contribution in [2.45, 2.75) is 58.0 Å². The van der Waals surface area contributed by atoms with Crippen molar-refractivity contribution in [3.05, 3.63) is 0 Å². The summed E-state index contributed by atoms with van der Waals surface area (Å²) in [7, 11) is 4.26. The van der Waals surface area contributed by atoms with Crippen LogP contribution in [0.4, 0.5) is 0 Å². The SMILES string of the molecule is CC1CCC(C(N)C(C)(C)N(C)C)CC1. The first kappa shape index (κ1) is 13.0. The summed E-state index contributed by atoms with van der Waals surface area (Å²) >= 11 is 0. The van der Waals surface area contributed by atoms with E-state index in [4.69, 9.17) is 5.73 Å². The highest BCUT2D eigenvalue weighted by Crippen LogP contribution is 2.34. The summed E-state index contributed by atoms with van der Waals surface area (Å²) in [5.41, 5.74) is 6.55. The average molecular weight is 212 g/mol. The van der Waals surface area contributed by atoms with E-state index in [0.717, 1.165) is 11.8 Å². The van der Waals surface area contributed by atoms with Crippen LogP contribution in [-0.2, 0) is 0 Å². The summed E-state index contributed by atoms with van der Waals surface area (Å²) in [6, 6.07) is 0.306. The fourth-order valence-electron chi connectivity index (χ4n) is 2.52. The van der Waals surface area contributed by atoms with E-state index in [0.29, 0.717) is 6.04 Å². The predicted molar refractivity (Wildman–Crippen MR) is 66.9 cm³/mol. The minimum absolute atomic E-state index is 0.116. The van der Waals surface area contributed by atoms with Gasteiger partial charge in [0.15, 0.2) is 0 Å². The zero-order valence-electron chi connectivity index (χ0n) is 11.1. The number of rotatable bonds is 3. The van der Waals surface area contributed by atoms with Crippen molar-refractivity contribution in [2.75, 3.05) is 14.1 Å². The standard InChI is InChI=1S/C13H28N2/c1-10-6-8-11(9-7-10)12(14)13(2,3)15(4)5/h10-12H,6-9,14H2,1-5H3. The van der Waals surface area contributed by atoms with Crippen molar-refractivity contribution in [2.24, 2.45) is 17.6 Å². The molecule has 0 heterocycles. The number of nitrogens with two attached hydrogens (primary N) is 1. The Morgan fingerprint density at radius 1 is 1.13 bits per heavy atom. The van der Waals surface area contributed by atoms with Crippen LogP contribution in [0.1, 0.15) is 46.5 Å². The Kier molecular flexibility index (Phi) is 4.19. The molecule has 15 heavy (non-hydrogen) atoms. The second-order valence-electron chi connectivity index (χ2n) is 6.09. The van der Waals surface area contributed by atoms with E-state index in [1.54, 1.807) is 0 Å². The number of hydrogen-bond acceptors (Lipinski definition) is 2. The van der Waals surface area contributed by atoms with Crippen molar-refractivity contribution in [1.29, 1.82) is 0 Å². The smallest absolute Gasteiger partial charge is 0.0300 e. The molecule has 0 aromatic rings. The van der Waals surface area contributed by atoms with Gasteiger partial charge in [-0.15, -0.1) is 0 Å². The molecule has 0 saturated heterocycles. The summed E-state index contributed by atoms with van der Waals surface area (Å²) in [5, 5.41) is 0. The molecule has 0 amide bonds. The molecular formula is C13H28N2. The van der Waals surface area contributed by atoms with Crippen LogP contribution in [0.25, 0.3) is 0 Å². The lowest BCUT2D eigenvalue weighted by molar-refractivity contribution is 0.103. The first-order chi connectivity index (χ1) is 6.85. The van der Waals surface area contributed by atoms with Crippen LogP contribution in [0.15, 0.2) is 0 Å². The Hall–Kier alpha value is -0.0800. The van der Waals surface area contributed by atoms with Gasteiger partial charge in [0.1, 0.15) is 0 Å². The molecule has 1 aliphatic rings. The first-order valence-corrected chi connectivity index (χ1v) is 6.28. The summed E-state index contributed by atoms with van der Waals surface area (Å²) in [5.74, 6) is 1.63. The largest absolute Gasteiger partial charge is 0.326 e. The second-order valence-corrected chi connectivity index (χ2v) is 6.09. The highest BCUT2D eigenvalue weighted by atomic mass is 15.2. The van der Waals surface area contributed by atoms with Crippen LogP contribution < -0.4 is 5.73 Å². The van der Waals surface area contributed by atoms with Gasteiger partial charge in [-0.25, -0.2) is 0 Å². The molecule has 0 radical (unpaired) electrons. The van der Waals surface area contributed by atoms with E-state index in [1.807, 2.05) is 0 Å². The Balaban J connectivity index is 2.56. The molecule has 1 fully saturated rings. The van der Waals surface area contributed by atoms with E-state index in [2.05, 4.69) is 39.8 Å². The lowest BCUT2D eigenvalue weighted by Gasteiger charge is -2.43. The van der Waals surface area contributed by atoms with Gasteiger partial charge in [-0.05, 0) is 52.6 Å². The Labute approximate surface area is 95.2 Å². The molecule has 1 saturated carbocycles. The van der Waals surface area contributed by atoms with Crippen molar-refractivity contribution >= 4 is 0 Å². The lowest BCUT2D eigenvalue weighted by atomic mass is 9.74. The van der Waals surface area contributed by atoms with Gasteiger partial charge >= 0.3 is 0 Å². The molecule has 2 heteroatoms. The monoisotopic (exact) mass is 212 g/mol. The van der Waals surface area contributed by atoms with E-state index in [9.17, 15) is 0 Å². The van der Waals surface area contributed by atoms with Crippen molar-refractivity contribution in [1.82, 2.24) is 4.90 Å². The molecule has 2 nitrogen and oxygen atoms in total. The molecule has 0 spiro atoms. The molecule has 1 aliphatic carbocycles. The molecule has 0 aliphatic heterocycles. The summed E-state index contributed by atoms with van der Waals surface area (Å²) in [6.07, 6.45) is 5.36. The third-order valence-electron chi connectivity index (χ3n) is 4.54. The molecule has 0 bridgehead atoms. The lowest BCUT2D eigenvalue weighted by Crippen LogP contribution is -2.56. The highest BCUT2D eigenvalue weighted by molar-refractivity contribution is 4.94. The van der Waals surface area contributed by atoms with E-state index >= 15 is 0 Å². The number of likely N-dealkylation sites (N-methyl/N-ethyl adjacent to an activating group) is 1. The van der Waals surface area contributed by atoms with Gasteiger partial charge in [-0.3, -0.25) is 0 Å². The molecule has 1 atom stereocenters. The maximum atomic E-state index is 6.43. The zero-order chi connectivity index (χ0) is 11.6. The highest BCUT2D eigenvalue weighted by Gasteiger charge is 2.35. The quantitative estimate of drug-likeness (QED) is 0.779. The van der Waals surface area contributed by atoms with Crippen LogP contribution >= 0.6 is 0 Å². The molecule has 2 N–H and O–H groups in total. The van der Waals surface area contributed by atoms with Crippen LogP contribution in [-0.4, -0.2) is 30.6 Å². The molecule has 90 valence electrons. The molecule has 0 aromatic heterocycles. The van der Waals surface area contributed by atoms with Gasteiger partial charge in [-0.1, -0.05) is 19.8 Å². The van der Waals surface area contributed by atoms with Gasteiger partial charge in [0.2, 0.25) is 0 Å². The van der Waals surface area contributed by atoms with Gasteiger partial charge in [-0.2, -0.15) is 0 Å². The van der Waals surface area contributed by atoms with Gasteiger partial charge in [0.05, 0.1) is 0 Å². The topological polar surface area (TPSA) is 29.3 Å². The van der Waals surface area contributed by atoms with Crippen LogP contribution in [0, 0.1) is 11.8 Å². The predicted octanol–water partition coefficient (Wildman–Crippen LogP) is 2.48. The Morgan fingerprint density at radius 3 is 2.00 bits per heavy atom. The maximum Gasteiger partial charge on any atom is 0.0300 e. The van der Waals surface area contributed by atoms with Crippen LogP contribution in [0.3, 0.4) is 0 Å². The second kappa shape index (κ2) is 4.84. The van der Waals surface area contributed by atoms with E-state index in [-0.39, 0.29) is 5.54 Å². The van der Waals surface area contributed by atoms with Crippen LogP contribution in [0.5, 0.6) is 0 Å². The van der Waals surface area contributed by atoms with Crippen molar-refractivity contribution < 1.29 is 0 Å². The Morgan fingerprint density at radius 2 is 1.60 bits per heavy atom. The summed E-state index contributed by atoms with van der Waals surface area (Å²) in [6.45, 7) is 6.88. The zero-order valence-corrected chi connectivity index (χ0v) is 11.1. The van der Waals surface area contributed by atoms with Gasteiger partial charge < -0.3 is 10.6 Å². The van der Waals surface area contributed by atoms with E-state index < -0.39 is 0 Å². The fraction of sp³-hybridized carbons (Fsp3) is 1.00. The normalized spacial score (nSPS) is 30.6. The molecule has 1 unspecified atom stereocenters. The molecule has 0 aromatic carbocycles. The van der Waals surface area contributed by atoms with Crippen molar-refractivity contribution in [3.8, 4) is 0 Å². The molecule has 1 rings (SSSR count). The third kappa shape index (κ3) is 2.94. The minimum Gasteiger partial charge on any atom is -0.326 e. The fourth-order valence-corrected chi connectivity index (χ4v) is 2.52. The van der Waals surface area contributed by atoms with Crippen molar-refractivity contribution in [3.63, 3.8) is 0 Å². The maximum absolute atomic E-state index is 6.43. The average Bonchev–Trinajstić information content (AvgIpc) is 2.17. The minimum atomic E-state index is 0.116. The van der Waals surface area contributed by atoms with Crippen LogP contribution in [0.2, 0.25) is 0 Å². The summed E-state index contributed by atoms with van der Waals surface area (Å²) in [4.78, 5) is 2.26. The number of hydrogen-bond donors (Lipinski definition) is 1. The van der Waals surface area contributed by atoms with Gasteiger partial charge in [0, 0.05) is 11.6 Å². The van der Waals surface area contributed by atoms with E-state index in [1.165, 1.54) is 25.7 Å². The Bertz CT molecular complexity index is 191. The van der Waals surface area contributed by atoms with Gasteiger partial charge in [0.25, 0.3) is 0 Å². The number of nitrogens with zero attached hydrogens (tertiary/aromatic N) is 1. The summed E-state index contributed by atoms with van der Waals surface area (Å²) < 4.78 is 0. The third-order valence-corrected chi connectivity index (χ3v) is 4.54.